The number of hydrogen-bond donors (Lipinski definition) is 4. The molecule has 0 spiro atoms. The number of rotatable bonds is 14. The maximum Gasteiger partial charge on any atom is 0.315 e. The lowest BCUT2D eigenvalue weighted by Crippen LogP contribution is -2.61. The van der Waals surface area contributed by atoms with Crippen LogP contribution >= 0.6 is 0 Å². The largest absolute Gasteiger partial charge is 0.349 e. The minimum absolute atomic E-state index is 0.0243. The van der Waals surface area contributed by atoms with Crippen molar-refractivity contribution in [2.45, 2.75) is 123 Å². The monoisotopic (exact) mass is 629 g/mol. The summed E-state index contributed by atoms with van der Waals surface area (Å²) in [5.41, 5.74) is -0.660. The Morgan fingerprint density at radius 3 is 2.22 bits per heavy atom. The standard InChI is InChI=1S/C34H55N5O6/c1-9-10-16-23(28(41)30(43)35-18-17-24(40)20(2)3)36-29(42)27-25-22(34(25,7)8)19-39(27)31(44)26(21-14-12-11-13-15-21)37-32(45)38-33(4,5)6/h9,20-23,25-27H,1,10-19H2,2-8H3,(H,35,43)(H,36,42)(H2,37,38,45)/t22?,23?,25?,26-,27-/m0/s1. The maximum absolute atomic E-state index is 14.3. The number of carbonyl (C=O) groups excluding carboxylic acids is 6. The second-order valence-electron chi connectivity index (χ2n) is 15.0. The molecule has 1 heterocycles. The van der Waals surface area contributed by atoms with Crippen molar-refractivity contribution in [3.05, 3.63) is 12.7 Å². The normalized spacial score (nSPS) is 23.7. The minimum Gasteiger partial charge on any atom is -0.349 e. The fourth-order valence-corrected chi connectivity index (χ4v) is 7.00. The van der Waals surface area contributed by atoms with Crippen molar-refractivity contribution in [1.82, 2.24) is 26.2 Å². The highest BCUT2D eigenvalue weighted by Gasteiger charge is 2.69. The van der Waals surface area contributed by atoms with Crippen molar-refractivity contribution in [3.8, 4) is 0 Å². The van der Waals surface area contributed by atoms with Crippen molar-refractivity contribution >= 4 is 35.3 Å². The van der Waals surface area contributed by atoms with Gasteiger partial charge in [0.25, 0.3) is 5.91 Å². The van der Waals surface area contributed by atoms with Gasteiger partial charge in [0.15, 0.2) is 0 Å². The van der Waals surface area contributed by atoms with E-state index < -0.39 is 47.3 Å². The number of fused-ring (bicyclic) bond motifs is 1. The summed E-state index contributed by atoms with van der Waals surface area (Å²) in [7, 11) is 0. The highest BCUT2D eigenvalue weighted by Crippen LogP contribution is 2.65. The summed E-state index contributed by atoms with van der Waals surface area (Å²) in [6.45, 7) is 17.4. The molecule has 1 saturated heterocycles. The second kappa shape index (κ2) is 14.9. The summed E-state index contributed by atoms with van der Waals surface area (Å²) in [5.74, 6) is -2.67. The van der Waals surface area contributed by atoms with E-state index in [1.165, 1.54) is 0 Å². The van der Waals surface area contributed by atoms with E-state index >= 15 is 0 Å². The number of likely N-dealkylation sites (tertiary alicyclic amines) is 1. The van der Waals surface area contributed by atoms with Gasteiger partial charge in [0.05, 0.1) is 6.04 Å². The zero-order valence-electron chi connectivity index (χ0n) is 28.3. The Kier molecular flexibility index (Phi) is 12.0. The van der Waals surface area contributed by atoms with Crippen LogP contribution in [0.3, 0.4) is 0 Å². The Bertz CT molecular complexity index is 1150. The molecule has 3 fully saturated rings. The van der Waals surface area contributed by atoms with Crippen molar-refractivity contribution in [2.24, 2.45) is 29.1 Å². The molecule has 5 atom stereocenters. The van der Waals surface area contributed by atoms with E-state index in [1.807, 2.05) is 20.8 Å². The number of carbonyl (C=O) groups is 6. The van der Waals surface area contributed by atoms with Crippen molar-refractivity contribution in [1.29, 1.82) is 0 Å². The molecule has 252 valence electrons. The molecule has 1 aliphatic heterocycles. The van der Waals surface area contributed by atoms with Crippen LogP contribution in [0, 0.1) is 29.1 Å². The third-order valence-corrected chi connectivity index (χ3v) is 9.74. The van der Waals surface area contributed by atoms with Gasteiger partial charge in [-0.1, -0.05) is 53.0 Å². The van der Waals surface area contributed by atoms with Gasteiger partial charge in [-0.3, -0.25) is 24.0 Å². The quantitative estimate of drug-likeness (QED) is 0.171. The average Bonchev–Trinajstić information content (AvgIpc) is 3.28. The summed E-state index contributed by atoms with van der Waals surface area (Å²) in [4.78, 5) is 80.8. The first-order valence-electron chi connectivity index (χ1n) is 16.6. The van der Waals surface area contributed by atoms with Gasteiger partial charge >= 0.3 is 6.03 Å². The van der Waals surface area contributed by atoms with Crippen LogP contribution in [0.25, 0.3) is 0 Å². The summed E-state index contributed by atoms with van der Waals surface area (Å²) in [6, 6.07) is -3.14. The van der Waals surface area contributed by atoms with Gasteiger partial charge in [0.1, 0.15) is 17.9 Å². The van der Waals surface area contributed by atoms with E-state index in [4.69, 9.17) is 0 Å². The number of nitrogens with zero attached hydrogens (tertiary/aromatic N) is 1. The first-order chi connectivity index (χ1) is 21.0. The van der Waals surface area contributed by atoms with Crippen LogP contribution in [0.2, 0.25) is 0 Å². The molecule has 0 aromatic heterocycles. The minimum atomic E-state index is -1.11. The van der Waals surface area contributed by atoms with Crippen molar-refractivity contribution in [3.63, 3.8) is 0 Å². The molecule has 2 aliphatic carbocycles. The first kappa shape index (κ1) is 36.2. The number of ketones is 2. The molecule has 0 aromatic rings. The molecular formula is C34H55N5O6. The Morgan fingerprint density at radius 1 is 1.00 bits per heavy atom. The summed E-state index contributed by atoms with van der Waals surface area (Å²) in [5, 5.41) is 11.2. The van der Waals surface area contributed by atoms with E-state index in [-0.39, 0.29) is 60.2 Å². The van der Waals surface area contributed by atoms with E-state index in [0.717, 1.165) is 32.1 Å². The lowest BCUT2D eigenvalue weighted by Gasteiger charge is -2.37. The number of nitrogens with one attached hydrogen (secondary N) is 4. The smallest absolute Gasteiger partial charge is 0.315 e. The van der Waals surface area contributed by atoms with Crippen LogP contribution in [0.5, 0.6) is 0 Å². The number of Topliss-reactive ketones (excluding diaryl/α,β-unsaturated/α-hetero) is 2. The predicted molar refractivity (Wildman–Crippen MR) is 172 cm³/mol. The molecule has 3 unspecified atom stereocenters. The molecule has 3 rings (SSSR count). The zero-order chi connectivity index (χ0) is 33.7. The van der Waals surface area contributed by atoms with E-state index in [1.54, 1.807) is 24.8 Å². The van der Waals surface area contributed by atoms with Crippen LogP contribution in [0.1, 0.15) is 99.8 Å². The topological polar surface area (TPSA) is 154 Å². The summed E-state index contributed by atoms with van der Waals surface area (Å²) < 4.78 is 0. The molecule has 0 radical (unpaired) electrons. The summed E-state index contributed by atoms with van der Waals surface area (Å²) >= 11 is 0. The van der Waals surface area contributed by atoms with Gasteiger partial charge in [0.2, 0.25) is 17.6 Å². The average molecular weight is 630 g/mol. The number of amides is 5. The molecule has 0 aromatic carbocycles. The molecule has 5 amide bonds. The van der Waals surface area contributed by atoms with Crippen LogP contribution < -0.4 is 21.3 Å². The lowest BCUT2D eigenvalue weighted by molar-refractivity contribution is -0.145. The molecule has 3 aliphatic rings. The molecule has 45 heavy (non-hydrogen) atoms. The van der Waals surface area contributed by atoms with Crippen LogP contribution in [-0.4, -0.2) is 77.0 Å². The van der Waals surface area contributed by atoms with Gasteiger partial charge in [-0.05, 0) is 69.6 Å². The molecule has 11 heteroatoms. The lowest BCUT2D eigenvalue weighted by atomic mass is 9.83. The third kappa shape index (κ3) is 9.16. The zero-order valence-corrected chi connectivity index (χ0v) is 28.3. The summed E-state index contributed by atoms with van der Waals surface area (Å²) in [6.07, 6.45) is 6.93. The Balaban J connectivity index is 1.80. The highest BCUT2D eigenvalue weighted by molar-refractivity contribution is 6.38. The van der Waals surface area contributed by atoms with Gasteiger partial charge in [-0.15, -0.1) is 6.58 Å². The maximum atomic E-state index is 14.3. The van der Waals surface area contributed by atoms with Crippen LogP contribution in [-0.2, 0) is 24.0 Å². The van der Waals surface area contributed by atoms with E-state index in [2.05, 4.69) is 41.7 Å². The Hall–Kier alpha value is -3.24. The van der Waals surface area contributed by atoms with E-state index in [9.17, 15) is 28.8 Å². The third-order valence-electron chi connectivity index (χ3n) is 9.74. The van der Waals surface area contributed by atoms with Crippen LogP contribution in [0.15, 0.2) is 12.7 Å². The fraction of sp³-hybridized carbons (Fsp3) is 0.765. The van der Waals surface area contributed by atoms with E-state index in [0.29, 0.717) is 13.0 Å². The predicted octanol–water partition coefficient (Wildman–Crippen LogP) is 3.27. The number of piperidine rings is 1. The highest BCUT2D eigenvalue weighted by atomic mass is 16.2. The SMILES string of the molecule is C=CCCC(NC(=O)[C@@H]1C2C(CN1C(=O)[C@@H](NC(=O)NC(C)(C)C)C1CCCCC1)C2(C)C)C(=O)C(=O)NCCC(=O)C(C)C. The molecule has 2 saturated carbocycles. The molecule has 11 nitrogen and oxygen atoms in total. The Morgan fingerprint density at radius 2 is 1.64 bits per heavy atom. The number of allylic oxidation sites excluding steroid dienone is 1. The van der Waals surface area contributed by atoms with Crippen molar-refractivity contribution in [2.75, 3.05) is 13.1 Å². The van der Waals surface area contributed by atoms with Gasteiger partial charge < -0.3 is 26.2 Å². The molecular weight excluding hydrogens is 574 g/mol. The molecule has 4 N–H and O–H groups in total. The fourth-order valence-electron chi connectivity index (χ4n) is 7.00. The van der Waals surface area contributed by atoms with Gasteiger partial charge in [-0.25, -0.2) is 4.79 Å². The van der Waals surface area contributed by atoms with Crippen molar-refractivity contribution < 1.29 is 28.8 Å². The number of hydrogen-bond acceptors (Lipinski definition) is 6. The van der Waals surface area contributed by atoms with Gasteiger partial charge in [-0.2, -0.15) is 0 Å². The van der Waals surface area contributed by atoms with Gasteiger partial charge in [0, 0.05) is 31.0 Å². The van der Waals surface area contributed by atoms with Crippen LogP contribution in [0.4, 0.5) is 4.79 Å². The first-order valence-corrected chi connectivity index (χ1v) is 16.6. The number of urea groups is 1. The molecule has 0 bridgehead atoms. The Labute approximate surface area is 268 Å². The second-order valence-corrected chi connectivity index (χ2v) is 15.0.